The zero-order chi connectivity index (χ0) is 5.82. The van der Waals surface area contributed by atoms with Gasteiger partial charge in [-0.05, 0) is 6.08 Å². The molecule has 1 aliphatic heterocycles. The van der Waals surface area contributed by atoms with Gasteiger partial charge >= 0.3 is 0 Å². The van der Waals surface area contributed by atoms with Crippen molar-refractivity contribution in [1.29, 1.82) is 5.26 Å². The molecule has 0 bridgehead atoms. The number of rotatable bonds is 1. The van der Waals surface area contributed by atoms with Gasteiger partial charge in [0.15, 0.2) is 0 Å². The second-order valence-corrected chi connectivity index (χ2v) is 1.46. The fourth-order valence-electron chi connectivity index (χ4n) is 0.513. The Labute approximate surface area is 47.7 Å². The first-order chi connectivity index (χ1) is 3.93. The van der Waals surface area contributed by atoms with Crippen molar-refractivity contribution < 1.29 is 4.84 Å². The molecule has 0 fully saturated rings. The molecule has 1 heterocycles. The number of nitrogens with zero attached hydrogens (tertiary/aromatic N) is 2. The minimum absolute atomic E-state index is 0.340. The van der Waals surface area contributed by atoms with Crippen molar-refractivity contribution in [2.24, 2.45) is 0 Å². The zero-order valence-corrected chi connectivity index (χ0v) is 4.37. The molecule has 0 aliphatic carbocycles. The molecule has 1 aliphatic rings. The van der Waals surface area contributed by atoms with Crippen LogP contribution in [0.25, 0.3) is 0 Å². The Morgan fingerprint density at radius 3 is 3.25 bits per heavy atom. The maximum Gasteiger partial charge on any atom is 0.122 e. The predicted molar refractivity (Wildman–Crippen MR) is 27.4 cm³/mol. The summed E-state index contributed by atoms with van der Waals surface area (Å²) in [7, 11) is 0. The Hall–Kier alpha value is -1.01. The quantitative estimate of drug-likeness (QED) is 0.454. The van der Waals surface area contributed by atoms with Crippen LogP contribution in [-0.2, 0) is 4.84 Å². The van der Waals surface area contributed by atoms with Crippen LogP contribution in [0, 0.1) is 11.3 Å². The highest BCUT2D eigenvalue weighted by atomic mass is 16.7. The van der Waals surface area contributed by atoms with Crippen molar-refractivity contribution >= 4 is 0 Å². The molecule has 8 heavy (non-hydrogen) atoms. The Kier molecular flexibility index (Phi) is 1.50. The van der Waals surface area contributed by atoms with Crippen molar-refractivity contribution in [3.63, 3.8) is 0 Å². The van der Waals surface area contributed by atoms with Gasteiger partial charge in [0, 0.05) is 0 Å². The Balaban J connectivity index is 2.22. The van der Waals surface area contributed by atoms with Gasteiger partial charge in [0.25, 0.3) is 0 Å². The average molecular weight is 110 g/mol. The summed E-state index contributed by atoms with van der Waals surface area (Å²) < 4.78 is 0. The van der Waals surface area contributed by atoms with Crippen molar-refractivity contribution in [2.75, 3.05) is 13.1 Å². The lowest BCUT2D eigenvalue weighted by Gasteiger charge is -2.06. The van der Waals surface area contributed by atoms with Crippen LogP contribution in [-0.4, -0.2) is 18.2 Å². The average Bonchev–Trinajstić information content (AvgIpc) is 2.19. The van der Waals surface area contributed by atoms with E-state index in [0.29, 0.717) is 6.54 Å². The largest absolute Gasteiger partial charge is 0.413 e. The van der Waals surface area contributed by atoms with E-state index in [1.807, 2.05) is 12.1 Å². The van der Waals surface area contributed by atoms with Gasteiger partial charge in [0.2, 0.25) is 0 Å². The summed E-state index contributed by atoms with van der Waals surface area (Å²) >= 11 is 0. The van der Waals surface area contributed by atoms with E-state index in [1.54, 1.807) is 11.3 Å². The van der Waals surface area contributed by atoms with Gasteiger partial charge in [0.05, 0.1) is 12.6 Å². The molecule has 0 aromatic heterocycles. The minimum atomic E-state index is 0.340. The van der Waals surface area contributed by atoms with Crippen LogP contribution < -0.4 is 0 Å². The van der Waals surface area contributed by atoms with E-state index in [1.165, 1.54) is 0 Å². The molecular formula is C5H6N2O. The van der Waals surface area contributed by atoms with E-state index in [2.05, 4.69) is 0 Å². The summed E-state index contributed by atoms with van der Waals surface area (Å²) in [5, 5.41) is 9.70. The minimum Gasteiger partial charge on any atom is -0.413 e. The van der Waals surface area contributed by atoms with Gasteiger partial charge in [-0.15, -0.1) is 5.06 Å². The molecule has 1 rings (SSSR count). The molecule has 0 saturated carbocycles. The molecule has 42 valence electrons. The number of hydrogen-bond acceptors (Lipinski definition) is 3. The molecular weight excluding hydrogens is 104 g/mol. The fraction of sp³-hybridized carbons (Fsp3) is 0.400. The van der Waals surface area contributed by atoms with Crippen LogP contribution in [0.2, 0.25) is 0 Å². The lowest BCUT2D eigenvalue weighted by molar-refractivity contribution is -0.0630. The Morgan fingerprint density at radius 1 is 1.88 bits per heavy atom. The summed E-state index contributed by atoms with van der Waals surface area (Å²) in [5.74, 6) is 0. The molecule has 0 amide bonds. The predicted octanol–water partition coefficient (Wildman–Crippen LogP) is 0.271. The van der Waals surface area contributed by atoms with Crippen LogP contribution >= 0.6 is 0 Å². The van der Waals surface area contributed by atoms with Crippen LogP contribution in [0.5, 0.6) is 0 Å². The van der Waals surface area contributed by atoms with Crippen molar-refractivity contribution in [3.05, 3.63) is 12.3 Å². The molecule has 0 aromatic carbocycles. The Morgan fingerprint density at radius 2 is 2.75 bits per heavy atom. The lowest BCUT2D eigenvalue weighted by Crippen LogP contribution is -2.17. The highest BCUT2D eigenvalue weighted by Crippen LogP contribution is 1.97. The van der Waals surface area contributed by atoms with E-state index < -0.39 is 0 Å². The third-order valence-electron chi connectivity index (χ3n) is 0.862. The van der Waals surface area contributed by atoms with E-state index in [0.717, 1.165) is 6.54 Å². The van der Waals surface area contributed by atoms with E-state index in [9.17, 15) is 0 Å². The highest BCUT2D eigenvalue weighted by Gasteiger charge is 2.04. The fourth-order valence-corrected chi connectivity index (χ4v) is 0.513. The lowest BCUT2D eigenvalue weighted by atomic mass is 10.6. The van der Waals surface area contributed by atoms with Gasteiger partial charge in [-0.2, -0.15) is 5.26 Å². The first-order valence-corrected chi connectivity index (χ1v) is 2.37. The first-order valence-electron chi connectivity index (χ1n) is 2.37. The summed E-state index contributed by atoms with van der Waals surface area (Å²) in [6.45, 7) is 1.07. The molecule has 3 heteroatoms. The smallest absolute Gasteiger partial charge is 0.122 e. The molecule has 0 saturated heterocycles. The second kappa shape index (κ2) is 2.34. The third kappa shape index (κ3) is 0.983. The van der Waals surface area contributed by atoms with Gasteiger partial charge in [-0.1, -0.05) is 0 Å². The van der Waals surface area contributed by atoms with Crippen molar-refractivity contribution in [2.45, 2.75) is 0 Å². The highest BCUT2D eigenvalue weighted by molar-refractivity contribution is 4.85. The molecule has 0 aromatic rings. The molecule has 0 spiro atoms. The van der Waals surface area contributed by atoms with Gasteiger partial charge in [-0.25, -0.2) is 0 Å². The van der Waals surface area contributed by atoms with Crippen LogP contribution in [0.3, 0.4) is 0 Å². The third-order valence-corrected chi connectivity index (χ3v) is 0.862. The molecule has 0 atom stereocenters. The number of hydroxylamine groups is 2. The van der Waals surface area contributed by atoms with Crippen molar-refractivity contribution in [1.82, 2.24) is 5.06 Å². The summed E-state index contributed by atoms with van der Waals surface area (Å²) in [5.41, 5.74) is 0. The first kappa shape index (κ1) is 5.13. The van der Waals surface area contributed by atoms with Crippen LogP contribution in [0.15, 0.2) is 12.3 Å². The molecule has 0 radical (unpaired) electrons. The molecule has 0 unspecified atom stereocenters. The van der Waals surface area contributed by atoms with Gasteiger partial charge < -0.3 is 4.84 Å². The summed E-state index contributed by atoms with van der Waals surface area (Å²) in [4.78, 5) is 4.82. The Bertz CT molecular complexity index is 128. The zero-order valence-electron chi connectivity index (χ0n) is 4.37. The van der Waals surface area contributed by atoms with Gasteiger partial charge in [-0.3, -0.25) is 0 Å². The van der Waals surface area contributed by atoms with Crippen molar-refractivity contribution in [3.8, 4) is 6.07 Å². The number of nitriles is 1. The standard InChI is InChI=1S/C5H6N2O/c6-2-4-7-3-1-5-8-7/h1,5H,3-4H2. The number of hydrogen-bond donors (Lipinski definition) is 0. The monoisotopic (exact) mass is 110 g/mol. The SMILES string of the molecule is N#CCN1CC=CO1. The van der Waals surface area contributed by atoms with Gasteiger partial charge in [0.1, 0.15) is 12.8 Å². The van der Waals surface area contributed by atoms with E-state index in [4.69, 9.17) is 10.1 Å². The molecule has 3 nitrogen and oxygen atoms in total. The van der Waals surface area contributed by atoms with E-state index >= 15 is 0 Å². The van der Waals surface area contributed by atoms with E-state index in [-0.39, 0.29) is 0 Å². The maximum atomic E-state index is 8.13. The normalized spacial score (nSPS) is 17.9. The summed E-state index contributed by atoms with van der Waals surface area (Å²) in [6.07, 6.45) is 3.44. The van der Waals surface area contributed by atoms with Crippen LogP contribution in [0.4, 0.5) is 0 Å². The summed E-state index contributed by atoms with van der Waals surface area (Å²) in [6, 6.07) is 1.97. The van der Waals surface area contributed by atoms with Crippen LogP contribution in [0.1, 0.15) is 0 Å². The maximum absolute atomic E-state index is 8.13. The molecule has 0 N–H and O–H groups in total. The second-order valence-electron chi connectivity index (χ2n) is 1.46. The topological polar surface area (TPSA) is 36.3 Å².